The van der Waals surface area contributed by atoms with Gasteiger partial charge in [0, 0.05) is 27.1 Å². The molecule has 0 aliphatic rings. The standard InChI is InChI=1S/C44H26N4/c45-27-29-17-24-43-38(25-29)37-12-4-8-16-42(37)47(43)39-13-5-1-9-34(39)31-20-18-30(19-21-31)32-22-23-33(28-46)44(26-32)48-40-14-6-2-10-35(40)36-11-3-7-15-41(36)48/h1-26H. The number of fused-ring (bicyclic) bond motifs is 6. The zero-order chi connectivity index (χ0) is 32.2. The quantitative estimate of drug-likeness (QED) is 0.199. The van der Waals surface area contributed by atoms with Gasteiger partial charge in [0.05, 0.1) is 50.6 Å². The summed E-state index contributed by atoms with van der Waals surface area (Å²) < 4.78 is 4.51. The molecule has 0 N–H and O–H groups in total. The minimum Gasteiger partial charge on any atom is -0.309 e. The molecule has 0 aliphatic carbocycles. The molecule has 9 aromatic rings. The number of nitrogens with zero attached hydrogens (tertiary/aromatic N) is 4. The van der Waals surface area contributed by atoms with Crippen molar-refractivity contribution in [1.29, 1.82) is 10.5 Å². The Bertz CT molecular complexity index is 2750. The zero-order valence-electron chi connectivity index (χ0n) is 25.8. The zero-order valence-corrected chi connectivity index (χ0v) is 25.8. The lowest BCUT2D eigenvalue weighted by Crippen LogP contribution is -1.98. The van der Waals surface area contributed by atoms with E-state index in [9.17, 15) is 10.5 Å². The summed E-state index contributed by atoms with van der Waals surface area (Å²) in [5.41, 5.74) is 11.9. The Morgan fingerprint density at radius 1 is 0.375 bits per heavy atom. The van der Waals surface area contributed by atoms with Crippen LogP contribution in [0, 0.1) is 22.7 Å². The van der Waals surface area contributed by atoms with Crippen LogP contribution in [0.25, 0.3) is 77.2 Å². The van der Waals surface area contributed by atoms with Crippen molar-refractivity contribution in [2.45, 2.75) is 0 Å². The molecule has 9 rings (SSSR count). The number of hydrogen-bond acceptors (Lipinski definition) is 2. The summed E-state index contributed by atoms with van der Waals surface area (Å²) in [6.45, 7) is 0. The van der Waals surface area contributed by atoms with Crippen molar-refractivity contribution >= 4 is 43.6 Å². The van der Waals surface area contributed by atoms with Crippen molar-refractivity contribution < 1.29 is 0 Å². The lowest BCUT2D eigenvalue weighted by Gasteiger charge is -2.15. The van der Waals surface area contributed by atoms with E-state index in [-0.39, 0.29) is 0 Å². The molecule has 2 heterocycles. The van der Waals surface area contributed by atoms with Gasteiger partial charge >= 0.3 is 0 Å². The summed E-state index contributed by atoms with van der Waals surface area (Å²) in [5.74, 6) is 0. The molecule has 0 amide bonds. The predicted molar refractivity (Wildman–Crippen MR) is 195 cm³/mol. The minimum atomic E-state index is 0.629. The first-order chi connectivity index (χ1) is 23.7. The first-order valence-corrected chi connectivity index (χ1v) is 15.9. The van der Waals surface area contributed by atoms with Gasteiger partial charge in [-0.3, -0.25) is 0 Å². The number of benzene rings is 7. The van der Waals surface area contributed by atoms with Crippen LogP contribution in [0.15, 0.2) is 158 Å². The molecule has 0 bridgehead atoms. The van der Waals surface area contributed by atoms with Crippen LogP contribution in [0.2, 0.25) is 0 Å². The van der Waals surface area contributed by atoms with Crippen LogP contribution in [-0.4, -0.2) is 9.13 Å². The number of aromatic nitrogens is 2. The third-order valence-electron chi connectivity index (χ3n) is 9.42. The second-order valence-corrected chi connectivity index (χ2v) is 12.0. The molecule has 0 saturated heterocycles. The van der Waals surface area contributed by atoms with Gasteiger partial charge in [0.1, 0.15) is 6.07 Å². The predicted octanol–water partition coefficient (Wildman–Crippen LogP) is 11.0. The van der Waals surface area contributed by atoms with Gasteiger partial charge in [0.15, 0.2) is 0 Å². The molecule has 4 nitrogen and oxygen atoms in total. The molecule has 0 saturated carbocycles. The monoisotopic (exact) mass is 610 g/mol. The fourth-order valence-corrected chi connectivity index (χ4v) is 7.23. The molecule has 0 aliphatic heterocycles. The van der Waals surface area contributed by atoms with Crippen molar-refractivity contribution in [3.05, 3.63) is 169 Å². The normalized spacial score (nSPS) is 11.3. The fourth-order valence-electron chi connectivity index (χ4n) is 7.23. The number of rotatable bonds is 4. The van der Waals surface area contributed by atoms with Gasteiger partial charge in [0.25, 0.3) is 0 Å². The van der Waals surface area contributed by atoms with Crippen LogP contribution in [0.1, 0.15) is 11.1 Å². The maximum Gasteiger partial charge on any atom is 0.101 e. The molecule has 48 heavy (non-hydrogen) atoms. The highest BCUT2D eigenvalue weighted by Crippen LogP contribution is 2.38. The van der Waals surface area contributed by atoms with E-state index < -0.39 is 0 Å². The lowest BCUT2D eigenvalue weighted by molar-refractivity contribution is 1.17. The van der Waals surface area contributed by atoms with Crippen molar-refractivity contribution in [3.8, 4) is 45.8 Å². The van der Waals surface area contributed by atoms with E-state index in [0.29, 0.717) is 11.1 Å². The summed E-state index contributed by atoms with van der Waals surface area (Å²) in [7, 11) is 0. The summed E-state index contributed by atoms with van der Waals surface area (Å²) in [4.78, 5) is 0. The Labute approximate surface area is 277 Å². The van der Waals surface area contributed by atoms with Crippen molar-refractivity contribution in [3.63, 3.8) is 0 Å². The summed E-state index contributed by atoms with van der Waals surface area (Å²) in [6, 6.07) is 59.0. The van der Waals surface area contributed by atoms with Crippen molar-refractivity contribution in [2.24, 2.45) is 0 Å². The van der Waals surface area contributed by atoms with E-state index in [0.717, 1.165) is 66.5 Å². The van der Waals surface area contributed by atoms with Gasteiger partial charge in [-0.15, -0.1) is 0 Å². The Morgan fingerprint density at radius 3 is 1.54 bits per heavy atom. The van der Waals surface area contributed by atoms with E-state index >= 15 is 0 Å². The third kappa shape index (κ3) is 4.14. The van der Waals surface area contributed by atoms with E-state index in [2.05, 4.69) is 130 Å². The van der Waals surface area contributed by atoms with E-state index in [1.807, 2.05) is 48.5 Å². The fraction of sp³-hybridized carbons (Fsp3) is 0. The van der Waals surface area contributed by atoms with Gasteiger partial charge in [-0.1, -0.05) is 103 Å². The summed E-state index contributed by atoms with van der Waals surface area (Å²) >= 11 is 0. The van der Waals surface area contributed by atoms with Gasteiger partial charge < -0.3 is 9.13 Å². The molecule has 0 atom stereocenters. The number of hydrogen-bond donors (Lipinski definition) is 0. The van der Waals surface area contributed by atoms with Crippen LogP contribution < -0.4 is 0 Å². The highest BCUT2D eigenvalue weighted by molar-refractivity contribution is 6.11. The van der Waals surface area contributed by atoms with Crippen LogP contribution >= 0.6 is 0 Å². The second kappa shape index (κ2) is 10.9. The van der Waals surface area contributed by atoms with E-state index in [4.69, 9.17) is 0 Å². The molecule has 4 heteroatoms. The first kappa shape index (κ1) is 27.4. The third-order valence-corrected chi connectivity index (χ3v) is 9.42. The first-order valence-electron chi connectivity index (χ1n) is 15.9. The van der Waals surface area contributed by atoms with Crippen molar-refractivity contribution in [1.82, 2.24) is 9.13 Å². The van der Waals surface area contributed by atoms with Crippen LogP contribution in [0.3, 0.4) is 0 Å². The van der Waals surface area contributed by atoms with Gasteiger partial charge in [-0.2, -0.15) is 10.5 Å². The highest BCUT2D eigenvalue weighted by atomic mass is 15.0. The van der Waals surface area contributed by atoms with Gasteiger partial charge in [-0.05, 0) is 71.3 Å². The summed E-state index contributed by atoms with van der Waals surface area (Å²) in [5, 5.41) is 24.3. The molecule has 2 aromatic heterocycles. The maximum absolute atomic E-state index is 10.2. The Kier molecular flexibility index (Phi) is 6.22. The average Bonchev–Trinajstić information content (AvgIpc) is 3.67. The Balaban J connectivity index is 1.17. The van der Waals surface area contributed by atoms with E-state index in [1.54, 1.807) is 0 Å². The van der Waals surface area contributed by atoms with Crippen LogP contribution in [0.5, 0.6) is 0 Å². The van der Waals surface area contributed by atoms with Crippen LogP contribution in [0.4, 0.5) is 0 Å². The second-order valence-electron chi connectivity index (χ2n) is 12.0. The average molecular weight is 611 g/mol. The van der Waals surface area contributed by atoms with Crippen LogP contribution in [-0.2, 0) is 0 Å². The van der Waals surface area contributed by atoms with Crippen molar-refractivity contribution in [2.75, 3.05) is 0 Å². The number of para-hydroxylation sites is 4. The smallest absolute Gasteiger partial charge is 0.101 e. The highest BCUT2D eigenvalue weighted by Gasteiger charge is 2.17. The molecule has 0 radical (unpaired) electrons. The topological polar surface area (TPSA) is 57.4 Å². The largest absolute Gasteiger partial charge is 0.309 e. The van der Waals surface area contributed by atoms with E-state index in [1.165, 1.54) is 10.8 Å². The lowest BCUT2D eigenvalue weighted by atomic mass is 9.98. The molecular formula is C44H26N4. The molecule has 222 valence electrons. The molecule has 0 spiro atoms. The molecule has 0 unspecified atom stereocenters. The SMILES string of the molecule is N#Cc1ccc2c(c1)c1ccccc1n2-c1ccccc1-c1ccc(-c2ccc(C#N)c(-n3c4ccccc4c4ccccc43)c2)cc1. The summed E-state index contributed by atoms with van der Waals surface area (Å²) in [6.07, 6.45) is 0. The van der Waals surface area contributed by atoms with Gasteiger partial charge in [-0.25, -0.2) is 0 Å². The molecule has 7 aromatic carbocycles. The van der Waals surface area contributed by atoms with Gasteiger partial charge in [0.2, 0.25) is 0 Å². The Morgan fingerprint density at radius 2 is 0.896 bits per heavy atom. The minimum absolute atomic E-state index is 0.629. The molecule has 0 fully saturated rings. The maximum atomic E-state index is 10.2. The Hall–Kier alpha value is -6.88. The number of nitriles is 2. The molecular weight excluding hydrogens is 585 g/mol.